The maximum absolute atomic E-state index is 14.0. The standard InChI is InChI=1S/C38H51ClN4O10S/c1-21-10-8-9-11-25-17-30(53-37(49)40-25)38(4,50)20-22(2)27(18-33(46)43(6)26-15-24(14-21)16-28(51-7)34(26)39)52-36(48)23(3)42(5)32(45)12-13-54-29-19-31(44)41-35(29)47/h8-10,15-16,22-23,25,27,29-30,50H,11-14,17-20H2,1-7H3,(H,40,49)(H,41,44,47)/b9-8+,21-10+/t22?,23-,25?,27-,29?,30-,38-/m0/s1. The van der Waals surface area contributed by atoms with Crippen LogP contribution in [0.4, 0.5) is 10.5 Å². The number of likely N-dealkylation sites (N-methyl/N-ethyl adjacent to an activating group) is 1. The summed E-state index contributed by atoms with van der Waals surface area (Å²) in [7, 11) is 4.51. The van der Waals surface area contributed by atoms with Gasteiger partial charge in [0.2, 0.25) is 23.6 Å². The summed E-state index contributed by atoms with van der Waals surface area (Å²) in [5, 5.41) is 16.5. The summed E-state index contributed by atoms with van der Waals surface area (Å²) in [6, 6.07) is 2.26. The molecule has 16 heteroatoms. The largest absolute Gasteiger partial charge is 0.495 e. The van der Waals surface area contributed by atoms with Crippen molar-refractivity contribution in [3.8, 4) is 5.75 Å². The Hall–Kier alpha value is -4.08. The van der Waals surface area contributed by atoms with Gasteiger partial charge in [-0.25, -0.2) is 9.59 Å². The molecular weight excluding hydrogens is 740 g/mol. The maximum Gasteiger partial charge on any atom is 0.407 e. The predicted molar refractivity (Wildman–Crippen MR) is 204 cm³/mol. The molecule has 4 rings (SSSR count). The lowest BCUT2D eigenvalue weighted by Crippen LogP contribution is -2.54. The molecule has 0 aliphatic carbocycles. The van der Waals surface area contributed by atoms with Crippen LogP contribution in [0, 0.1) is 5.92 Å². The predicted octanol–water partition coefficient (Wildman–Crippen LogP) is 4.09. The number of imide groups is 1. The zero-order valence-corrected chi connectivity index (χ0v) is 33.4. The van der Waals surface area contributed by atoms with E-state index in [4.69, 9.17) is 25.8 Å². The van der Waals surface area contributed by atoms with Crippen LogP contribution in [-0.4, -0.2) is 108 Å². The van der Waals surface area contributed by atoms with Crippen molar-refractivity contribution in [1.82, 2.24) is 15.5 Å². The van der Waals surface area contributed by atoms with Gasteiger partial charge in [-0.15, -0.1) is 11.8 Å². The van der Waals surface area contributed by atoms with E-state index in [0.717, 1.165) is 11.1 Å². The molecule has 1 aromatic carbocycles. The van der Waals surface area contributed by atoms with Crippen LogP contribution in [0.5, 0.6) is 5.75 Å². The van der Waals surface area contributed by atoms with Gasteiger partial charge < -0.3 is 34.4 Å². The molecule has 3 unspecified atom stereocenters. The minimum absolute atomic E-state index is 0.00703. The minimum atomic E-state index is -1.57. The number of methoxy groups -OCH3 is 1. The lowest BCUT2D eigenvalue weighted by Gasteiger charge is -2.40. The molecule has 1 aromatic rings. The van der Waals surface area contributed by atoms with Gasteiger partial charge in [-0.2, -0.15) is 0 Å². The quantitative estimate of drug-likeness (QED) is 0.255. The van der Waals surface area contributed by atoms with Crippen molar-refractivity contribution >= 4 is 64.7 Å². The highest BCUT2D eigenvalue weighted by molar-refractivity contribution is 8.00. The molecular formula is C38H51ClN4O10S. The Labute approximate surface area is 325 Å². The third kappa shape index (κ3) is 11.0. The first-order chi connectivity index (χ1) is 25.4. The van der Waals surface area contributed by atoms with Gasteiger partial charge in [-0.05, 0) is 63.6 Å². The first-order valence-corrected chi connectivity index (χ1v) is 19.4. The number of anilines is 1. The molecule has 3 N–H and O–H groups in total. The van der Waals surface area contributed by atoms with Crippen LogP contribution in [0.1, 0.15) is 71.8 Å². The van der Waals surface area contributed by atoms with Crippen LogP contribution in [0.3, 0.4) is 0 Å². The smallest absolute Gasteiger partial charge is 0.407 e. The Morgan fingerprint density at radius 3 is 2.61 bits per heavy atom. The zero-order chi connectivity index (χ0) is 39.9. The van der Waals surface area contributed by atoms with Gasteiger partial charge in [0.1, 0.15) is 29.0 Å². The van der Waals surface area contributed by atoms with Crippen LogP contribution < -0.4 is 20.3 Å². The van der Waals surface area contributed by atoms with Crippen molar-refractivity contribution in [3.63, 3.8) is 0 Å². The first kappa shape index (κ1) is 42.7. The number of ether oxygens (including phenoxy) is 3. The molecule has 7 atom stereocenters. The SMILES string of the molecule is COc1cc2cc(c1Cl)N(C)C(=O)C[C@H](OC(=O)[C@H](C)N(C)C(=O)CCSC1CC(=O)NC1=O)C(C)C[C@](C)(O)[C@@H]1CC(C/C=C/C=C(\C)C2)NC(=O)O1. The van der Waals surface area contributed by atoms with Crippen LogP contribution in [0.2, 0.25) is 5.02 Å². The molecule has 4 bridgehead atoms. The second kappa shape index (κ2) is 18.5. The van der Waals surface area contributed by atoms with Crippen molar-refractivity contribution in [2.24, 2.45) is 5.92 Å². The molecule has 3 aliphatic heterocycles. The monoisotopic (exact) mass is 790 g/mol. The Morgan fingerprint density at radius 2 is 1.94 bits per heavy atom. The van der Waals surface area contributed by atoms with Gasteiger partial charge in [0.05, 0.1) is 30.1 Å². The number of carbonyl (C=O) groups is 6. The summed E-state index contributed by atoms with van der Waals surface area (Å²) >= 11 is 7.92. The summed E-state index contributed by atoms with van der Waals surface area (Å²) in [6.45, 7) is 6.76. The molecule has 54 heavy (non-hydrogen) atoms. The summed E-state index contributed by atoms with van der Waals surface area (Å²) in [6.07, 6.45) is 4.29. The van der Waals surface area contributed by atoms with Gasteiger partial charge in [-0.3, -0.25) is 24.5 Å². The summed E-state index contributed by atoms with van der Waals surface area (Å²) in [4.78, 5) is 79.4. The van der Waals surface area contributed by atoms with Crippen molar-refractivity contribution in [2.75, 3.05) is 31.9 Å². The van der Waals surface area contributed by atoms with E-state index in [1.807, 2.05) is 31.2 Å². The van der Waals surface area contributed by atoms with E-state index in [2.05, 4.69) is 10.6 Å². The molecule has 5 amide bonds. The zero-order valence-electron chi connectivity index (χ0n) is 31.8. The fraction of sp³-hybridized carbons (Fsp3) is 0.579. The molecule has 14 nitrogen and oxygen atoms in total. The average molecular weight is 791 g/mol. The van der Waals surface area contributed by atoms with Crippen LogP contribution in [0.15, 0.2) is 35.9 Å². The molecule has 3 heterocycles. The van der Waals surface area contributed by atoms with Gasteiger partial charge in [0.15, 0.2) is 0 Å². The van der Waals surface area contributed by atoms with E-state index >= 15 is 0 Å². The number of benzene rings is 1. The minimum Gasteiger partial charge on any atom is -0.495 e. The summed E-state index contributed by atoms with van der Waals surface area (Å²) in [5.41, 5.74) is 0.683. The Kier molecular flexibility index (Phi) is 14.6. The van der Waals surface area contributed by atoms with E-state index in [0.29, 0.717) is 30.7 Å². The number of nitrogens with zero attached hydrogens (tertiary/aromatic N) is 2. The second-order valence-corrected chi connectivity index (χ2v) is 16.2. The molecule has 2 saturated heterocycles. The number of hydrogen-bond donors (Lipinski definition) is 3. The maximum atomic E-state index is 14.0. The number of esters is 1. The molecule has 0 spiro atoms. The third-order valence-corrected chi connectivity index (χ3v) is 11.7. The number of fused-ring (bicyclic) bond motifs is 4. The number of aliphatic hydroxyl groups is 1. The highest BCUT2D eigenvalue weighted by Gasteiger charge is 2.43. The summed E-state index contributed by atoms with van der Waals surface area (Å²) in [5.74, 6) is -2.33. The van der Waals surface area contributed by atoms with Gasteiger partial charge in [0.25, 0.3) is 0 Å². The number of thioether (sulfide) groups is 1. The third-order valence-electron chi connectivity index (χ3n) is 10.1. The summed E-state index contributed by atoms with van der Waals surface area (Å²) < 4.78 is 17.1. The molecule has 0 radical (unpaired) electrons. The van der Waals surface area contributed by atoms with E-state index in [9.17, 15) is 33.9 Å². The fourth-order valence-electron chi connectivity index (χ4n) is 6.69. The lowest BCUT2D eigenvalue weighted by atomic mass is 9.81. The number of hydrogen-bond acceptors (Lipinski definition) is 11. The molecule has 0 saturated carbocycles. The van der Waals surface area contributed by atoms with Crippen molar-refractivity contribution in [2.45, 2.75) is 108 Å². The number of nitrogens with one attached hydrogen (secondary N) is 2. The number of alkyl carbamates (subject to hydrolysis) is 1. The fourth-order valence-corrected chi connectivity index (χ4v) is 8.06. The topological polar surface area (TPSA) is 181 Å². The van der Waals surface area contributed by atoms with Crippen LogP contribution >= 0.6 is 23.4 Å². The number of rotatable bonds is 8. The number of amides is 5. The average Bonchev–Trinajstić information content (AvgIpc) is 3.44. The number of halogens is 1. The Morgan fingerprint density at radius 1 is 1.22 bits per heavy atom. The first-order valence-electron chi connectivity index (χ1n) is 18.0. The Bertz CT molecular complexity index is 1680. The van der Waals surface area contributed by atoms with Crippen molar-refractivity contribution in [1.29, 1.82) is 0 Å². The van der Waals surface area contributed by atoms with E-state index in [1.54, 1.807) is 27.0 Å². The van der Waals surface area contributed by atoms with Gasteiger partial charge in [-0.1, -0.05) is 42.3 Å². The molecule has 3 aliphatic rings. The normalized spacial score (nSPS) is 28.9. The second-order valence-electron chi connectivity index (χ2n) is 14.5. The molecule has 296 valence electrons. The Balaban J connectivity index is 1.59. The molecule has 2 fully saturated rings. The van der Waals surface area contributed by atoms with Crippen LogP contribution in [-0.2, 0) is 39.9 Å². The van der Waals surface area contributed by atoms with Crippen molar-refractivity contribution in [3.05, 3.63) is 46.5 Å². The van der Waals surface area contributed by atoms with E-state index in [-0.39, 0.29) is 60.2 Å². The number of allylic oxidation sites excluding steroid dienone is 3. The molecule has 0 aromatic heterocycles. The van der Waals surface area contributed by atoms with Crippen LogP contribution in [0.25, 0.3) is 0 Å². The van der Waals surface area contributed by atoms with Gasteiger partial charge >= 0.3 is 12.1 Å². The van der Waals surface area contributed by atoms with E-state index < -0.39 is 53.0 Å². The highest BCUT2D eigenvalue weighted by atomic mass is 35.5. The van der Waals surface area contributed by atoms with E-state index in [1.165, 1.54) is 42.6 Å². The lowest BCUT2D eigenvalue weighted by molar-refractivity contribution is -0.163. The highest BCUT2D eigenvalue weighted by Crippen LogP contribution is 2.38. The van der Waals surface area contributed by atoms with Gasteiger partial charge in [0, 0.05) is 45.2 Å². The number of carbonyl (C=O) groups excluding carboxylic acids is 6. The van der Waals surface area contributed by atoms with Crippen molar-refractivity contribution < 1.29 is 48.1 Å².